The van der Waals surface area contributed by atoms with E-state index in [1.807, 2.05) is 6.07 Å². The summed E-state index contributed by atoms with van der Waals surface area (Å²) < 4.78 is 0. The van der Waals surface area contributed by atoms with Crippen molar-refractivity contribution in [3.63, 3.8) is 0 Å². The third-order valence-corrected chi connectivity index (χ3v) is 3.90. The maximum absolute atomic E-state index is 10.6. The van der Waals surface area contributed by atoms with Gasteiger partial charge in [0.2, 0.25) is 0 Å². The SMILES string of the molecule is NC(C(=O)[O-])c1cc2c(s1)CCCC2.[Na+]. The second kappa shape index (κ2) is 5.46. The summed E-state index contributed by atoms with van der Waals surface area (Å²) in [5.74, 6) is -1.19. The predicted octanol–water partition coefficient (Wildman–Crippen LogP) is -2.62. The number of fused-ring (bicyclic) bond motifs is 1. The van der Waals surface area contributed by atoms with Crippen molar-refractivity contribution in [1.29, 1.82) is 0 Å². The molecule has 15 heavy (non-hydrogen) atoms. The fourth-order valence-electron chi connectivity index (χ4n) is 1.78. The fraction of sp³-hybridized carbons (Fsp3) is 0.500. The average Bonchev–Trinajstić information content (AvgIpc) is 2.59. The number of hydrogen-bond donors (Lipinski definition) is 1. The van der Waals surface area contributed by atoms with Gasteiger partial charge in [0.1, 0.15) is 0 Å². The van der Waals surface area contributed by atoms with Crippen molar-refractivity contribution in [3.05, 3.63) is 21.4 Å². The summed E-state index contributed by atoms with van der Waals surface area (Å²) >= 11 is 1.53. The molecule has 0 radical (unpaired) electrons. The molecule has 1 aromatic rings. The van der Waals surface area contributed by atoms with Gasteiger partial charge in [-0.2, -0.15) is 0 Å². The van der Waals surface area contributed by atoms with E-state index in [-0.39, 0.29) is 29.6 Å². The largest absolute Gasteiger partial charge is 1.00 e. The number of thiophene rings is 1. The summed E-state index contributed by atoms with van der Waals surface area (Å²) in [4.78, 5) is 12.6. The number of carbonyl (C=O) groups is 1. The van der Waals surface area contributed by atoms with E-state index in [0.29, 0.717) is 0 Å². The van der Waals surface area contributed by atoms with E-state index in [2.05, 4.69) is 0 Å². The van der Waals surface area contributed by atoms with Crippen LogP contribution < -0.4 is 40.4 Å². The molecule has 0 saturated carbocycles. The van der Waals surface area contributed by atoms with E-state index in [1.54, 1.807) is 0 Å². The third-order valence-electron chi connectivity index (χ3n) is 2.58. The Balaban J connectivity index is 0.00000112. The van der Waals surface area contributed by atoms with Gasteiger partial charge in [-0.25, -0.2) is 0 Å². The summed E-state index contributed by atoms with van der Waals surface area (Å²) in [6.07, 6.45) is 4.53. The van der Waals surface area contributed by atoms with E-state index in [4.69, 9.17) is 5.73 Å². The molecule has 3 nitrogen and oxygen atoms in total. The van der Waals surface area contributed by atoms with Gasteiger partial charge in [0, 0.05) is 9.75 Å². The van der Waals surface area contributed by atoms with Gasteiger partial charge in [-0.15, -0.1) is 11.3 Å². The van der Waals surface area contributed by atoms with Gasteiger partial charge < -0.3 is 15.6 Å². The smallest absolute Gasteiger partial charge is 0.548 e. The van der Waals surface area contributed by atoms with E-state index >= 15 is 0 Å². The van der Waals surface area contributed by atoms with Gasteiger partial charge in [0.05, 0.1) is 12.0 Å². The first-order chi connectivity index (χ1) is 6.68. The first-order valence-electron chi connectivity index (χ1n) is 4.76. The summed E-state index contributed by atoms with van der Waals surface area (Å²) in [7, 11) is 0. The van der Waals surface area contributed by atoms with Gasteiger partial charge in [0.25, 0.3) is 0 Å². The summed E-state index contributed by atoms with van der Waals surface area (Å²) in [6, 6.07) is 0.977. The molecule has 1 atom stereocenters. The van der Waals surface area contributed by atoms with Crippen LogP contribution in [0.4, 0.5) is 0 Å². The minimum Gasteiger partial charge on any atom is -0.548 e. The van der Waals surface area contributed by atoms with Crippen molar-refractivity contribution < 1.29 is 39.5 Å². The zero-order chi connectivity index (χ0) is 10.1. The number of carbonyl (C=O) groups excluding carboxylic acids is 1. The molecule has 0 fully saturated rings. The number of nitrogens with two attached hydrogens (primary N) is 1. The predicted molar refractivity (Wildman–Crippen MR) is 52.9 cm³/mol. The van der Waals surface area contributed by atoms with Crippen LogP contribution in [0.1, 0.15) is 34.2 Å². The quantitative estimate of drug-likeness (QED) is 0.569. The van der Waals surface area contributed by atoms with E-state index in [0.717, 1.165) is 17.7 Å². The van der Waals surface area contributed by atoms with Crippen molar-refractivity contribution in [2.75, 3.05) is 0 Å². The Morgan fingerprint density at radius 1 is 1.47 bits per heavy atom. The van der Waals surface area contributed by atoms with Crippen molar-refractivity contribution >= 4 is 17.3 Å². The van der Waals surface area contributed by atoms with Gasteiger partial charge in [-0.05, 0) is 37.3 Å². The van der Waals surface area contributed by atoms with Crippen LogP contribution in [0.5, 0.6) is 0 Å². The molecule has 0 aromatic carbocycles. The van der Waals surface area contributed by atoms with Crippen LogP contribution in [0.25, 0.3) is 0 Å². The number of aliphatic carboxylic acids is 1. The molecule has 2 rings (SSSR count). The van der Waals surface area contributed by atoms with Crippen molar-refractivity contribution in [3.8, 4) is 0 Å². The molecule has 1 aliphatic rings. The normalized spacial score (nSPS) is 16.3. The van der Waals surface area contributed by atoms with E-state index < -0.39 is 12.0 Å². The second-order valence-electron chi connectivity index (χ2n) is 3.60. The van der Waals surface area contributed by atoms with Crippen LogP contribution >= 0.6 is 11.3 Å². The van der Waals surface area contributed by atoms with Crippen molar-refractivity contribution in [2.45, 2.75) is 31.7 Å². The van der Waals surface area contributed by atoms with Gasteiger partial charge in [0.15, 0.2) is 0 Å². The second-order valence-corrected chi connectivity index (χ2v) is 4.77. The first-order valence-corrected chi connectivity index (χ1v) is 5.58. The van der Waals surface area contributed by atoms with Crippen LogP contribution in [0.2, 0.25) is 0 Å². The molecule has 2 N–H and O–H groups in total. The summed E-state index contributed by atoms with van der Waals surface area (Å²) in [5, 5.41) is 10.6. The van der Waals surface area contributed by atoms with Crippen LogP contribution in [0.3, 0.4) is 0 Å². The molecule has 0 saturated heterocycles. The molecule has 76 valence electrons. The monoisotopic (exact) mass is 233 g/mol. The summed E-state index contributed by atoms with van der Waals surface area (Å²) in [6.45, 7) is 0. The molecule has 1 unspecified atom stereocenters. The van der Waals surface area contributed by atoms with Crippen LogP contribution in [-0.4, -0.2) is 5.97 Å². The average molecular weight is 233 g/mol. The Morgan fingerprint density at radius 2 is 2.13 bits per heavy atom. The zero-order valence-electron chi connectivity index (χ0n) is 8.79. The number of aryl methyl sites for hydroxylation is 2. The topological polar surface area (TPSA) is 66.2 Å². The Bertz CT molecular complexity index is 341. The molecular formula is C10H12NNaO2S. The number of carboxylic acids is 1. The molecule has 0 amide bonds. The Kier molecular flexibility index (Phi) is 4.80. The van der Waals surface area contributed by atoms with Gasteiger partial charge in [-0.1, -0.05) is 0 Å². The van der Waals surface area contributed by atoms with Crippen LogP contribution in [-0.2, 0) is 17.6 Å². The maximum Gasteiger partial charge on any atom is 1.00 e. The van der Waals surface area contributed by atoms with Gasteiger partial charge in [-0.3, -0.25) is 0 Å². The molecular weight excluding hydrogens is 221 g/mol. The standard InChI is InChI=1S/C10H13NO2S.Na/c11-9(10(12)13)8-5-6-3-1-2-4-7(6)14-8;/h5,9H,1-4,11H2,(H,12,13);/q;+1/p-1. The van der Waals surface area contributed by atoms with Gasteiger partial charge >= 0.3 is 29.6 Å². The molecule has 0 aliphatic heterocycles. The third kappa shape index (κ3) is 2.82. The molecule has 0 spiro atoms. The van der Waals surface area contributed by atoms with Crippen molar-refractivity contribution in [2.24, 2.45) is 5.73 Å². The minimum absolute atomic E-state index is 0. The molecule has 5 heteroatoms. The van der Waals surface area contributed by atoms with Crippen LogP contribution in [0, 0.1) is 0 Å². The number of carboxylic acid groups (broad SMARTS) is 1. The maximum atomic E-state index is 10.6. The zero-order valence-corrected chi connectivity index (χ0v) is 11.6. The number of rotatable bonds is 2. The van der Waals surface area contributed by atoms with E-state index in [1.165, 1.54) is 34.6 Å². The Labute approximate surface area is 115 Å². The van der Waals surface area contributed by atoms with Crippen molar-refractivity contribution in [1.82, 2.24) is 0 Å². The molecule has 0 bridgehead atoms. The fourth-order valence-corrected chi connectivity index (χ4v) is 3.03. The molecule has 1 heterocycles. The molecule has 1 aromatic heterocycles. The Morgan fingerprint density at radius 3 is 2.73 bits per heavy atom. The minimum atomic E-state index is -1.19. The molecule has 1 aliphatic carbocycles. The van der Waals surface area contributed by atoms with Crippen LogP contribution in [0.15, 0.2) is 6.07 Å². The summed E-state index contributed by atoms with van der Waals surface area (Å²) in [5.41, 5.74) is 6.78. The van der Waals surface area contributed by atoms with E-state index in [9.17, 15) is 9.90 Å². The number of hydrogen-bond acceptors (Lipinski definition) is 4. The first kappa shape index (κ1) is 13.2. The Hall–Kier alpha value is 0.130.